The number of hydrogen-bond acceptors (Lipinski definition) is 2. The van der Waals surface area contributed by atoms with Gasteiger partial charge >= 0.3 is 0 Å². The molecule has 2 heteroatoms. The van der Waals surface area contributed by atoms with Crippen LogP contribution in [0, 0.1) is 5.92 Å². The minimum absolute atomic E-state index is 0.750. The molecule has 0 amide bonds. The molecule has 1 aliphatic rings. The van der Waals surface area contributed by atoms with E-state index < -0.39 is 0 Å². The van der Waals surface area contributed by atoms with Crippen LogP contribution < -0.4 is 5.32 Å². The summed E-state index contributed by atoms with van der Waals surface area (Å²) in [7, 11) is 2.23. The molecule has 0 aromatic carbocycles. The predicted molar refractivity (Wildman–Crippen MR) is 62.6 cm³/mol. The van der Waals surface area contributed by atoms with Crippen molar-refractivity contribution in [3.05, 3.63) is 0 Å². The van der Waals surface area contributed by atoms with Crippen LogP contribution in [0.2, 0.25) is 0 Å². The quantitative estimate of drug-likeness (QED) is 0.744. The van der Waals surface area contributed by atoms with E-state index in [1.165, 1.54) is 32.4 Å². The fourth-order valence-corrected chi connectivity index (χ4v) is 2.05. The number of hydrogen-bond donors (Lipinski definition) is 1. The van der Waals surface area contributed by atoms with Crippen LogP contribution in [-0.2, 0) is 0 Å². The average Bonchev–Trinajstić information content (AvgIpc) is 2.10. The largest absolute Gasteiger partial charge is 0.314 e. The number of likely N-dealkylation sites (tertiary alicyclic amines) is 1. The predicted octanol–water partition coefficient (Wildman–Crippen LogP) is 2.10. The second-order valence-corrected chi connectivity index (χ2v) is 5.19. The molecule has 0 bridgehead atoms. The maximum absolute atomic E-state index is 3.68. The molecule has 0 spiro atoms. The first kappa shape index (κ1) is 12.0. The highest BCUT2D eigenvalue weighted by molar-refractivity contribution is 4.80. The van der Waals surface area contributed by atoms with E-state index in [2.05, 4.69) is 38.0 Å². The van der Waals surface area contributed by atoms with Gasteiger partial charge in [-0.25, -0.2) is 0 Å². The summed E-state index contributed by atoms with van der Waals surface area (Å²) in [4.78, 5) is 2.46. The zero-order chi connectivity index (χ0) is 10.6. The van der Waals surface area contributed by atoms with Gasteiger partial charge in [-0.15, -0.1) is 0 Å². The van der Waals surface area contributed by atoms with Crippen molar-refractivity contribution in [2.75, 3.05) is 20.1 Å². The lowest BCUT2D eigenvalue weighted by Crippen LogP contribution is -2.45. The molecule has 1 rings (SSSR count). The first-order chi connectivity index (χ1) is 6.59. The van der Waals surface area contributed by atoms with Gasteiger partial charge in [0.15, 0.2) is 0 Å². The van der Waals surface area contributed by atoms with Crippen molar-refractivity contribution in [3.8, 4) is 0 Å². The van der Waals surface area contributed by atoms with Crippen molar-refractivity contribution in [2.24, 2.45) is 5.92 Å². The van der Waals surface area contributed by atoms with Crippen LogP contribution in [0.3, 0.4) is 0 Å². The fourth-order valence-electron chi connectivity index (χ4n) is 2.05. The van der Waals surface area contributed by atoms with Gasteiger partial charge in [-0.1, -0.05) is 13.8 Å². The molecule has 14 heavy (non-hydrogen) atoms. The minimum Gasteiger partial charge on any atom is -0.314 e. The highest BCUT2D eigenvalue weighted by Gasteiger charge is 2.21. The summed E-state index contributed by atoms with van der Waals surface area (Å²) in [6.45, 7) is 9.35. The molecule has 0 aromatic heterocycles. The van der Waals surface area contributed by atoms with E-state index in [0.717, 1.165) is 18.0 Å². The van der Waals surface area contributed by atoms with Crippen LogP contribution in [0.5, 0.6) is 0 Å². The Morgan fingerprint density at radius 3 is 2.71 bits per heavy atom. The van der Waals surface area contributed by atoms with E-state index in [4.69, 9.17) is 0 Å². The smallest absolute Gasteiger partial charge is 0.00940 e. The molecule has 84 valence electrons. The molecular weight excluding hydrogens is 172 g/mol. The molecule has 0 radical (unpaired) electrons. The molecule has 1 saturated heterocycles. The van der Waals surface area contributed by atoms with Gasteiger partial charge in [0.25, 0.3) is 0 Å². The highest BCUT2D eigenvalue weighted by atomic mass is 15.1. The molecule has 0 aliphatic carbocycles. The average molecular weight is 198 g/mol. The lowest BCUT2D eigenvalue weighted by molar-refractivity contribution is 0.168. The maximum atomic E-state index is 3.68. The zero-order valence-corrected chi connectivity index (χ0v) is 10.2. The monoisotopic (exact) mass is 198 g/mol. The molecule has 1 aliphatic heterocycles. The van der Waals surface area contributed by atoms with Gasteiger partial charge in [-0.05, 0) is 52.2 Å². The number of nitrogens with one attached hydrogen (secondary N) is 1. The van der Waals surface area contributed by atoms with Crippen molar-refractivity contribution in [3.63, 3.8) is 0 Å². The topological polar surface area (TPSA) is 15.3 Å². The third kappa shape index (κ3) is 3.97. The molecule has 0 aromatic rings. The molecule has 0 saturated carbocycles. The Balaban J connectivity index is 2.13. The Morgan fingerprint density at radius 1 is 1.43 bits per heavy atom. The summed E-state index contributed by atoms with van der Waals surface area (Å²) in [5, 5.41) is 3.68. The van der Waals surface area contributed by atoms with Gasteiger partial charge in [-0.3, -0.25) is 0 Å². The van der Waals surface area contributed by atoms with E-state index in [1.54, 1.807) is 0 Å². The molecule has 1 fully saturated rings. The van der Waals surface area contributed by atoms with Crippen LogP contribution in [0.25, 0.3) is 0 Å². The number of piperidine rings is 1. The lowest BCUT2D eigenvalue weighted by atomic mass is 9.98. The summed E-state index contributed by atoms with van der Waals surface area (Å²) < 4.78 is 0. The fraction of sp³-hybridized carbons (Fsp3) is 1.00. The van der Waals surface area contributed by atoms with Crippen molar-refractivity contribution >= 4 is 0 Å². The minimum atomic E-state index is 0.750. The third-order valence-corrected chi connectivity index (χ3v) is 3.36. The van der Waals surface area contributed by atoms with Gasteiger partial charge in [0.1, 0.15) is 0 Å². The van der Waals surface area contributed by atoms with Crippen molar-refractivity contribution in [1.29, 1.82) is 0 Å². The molecule has 2 nitrogen and oxygen atoms in total. The van der Waals surface area contributed by atoms with Gasteiger partial charge in [0.05, 0.1) is 0 Å². The Hall–Kier alpha value is -0.0800. The van der Waals surface area contributed by atoms with Crippen molar-refractivity contribution in [1.82, 2.24) is 10.2 Å². The SMILES string of the molecule is CC(C)CCNC1CCN(C)C(C)C1. The van der Waals surface area contributed by atoms with Crippen LogP contribution in [0.15, 0.2) is 0 Å². The van der Waals surface area contributed by atoms with E-state index in [-0.39, 0.29) is 0 Å². The van der Waals surface area contributed by atoms with Crippen molar-refractivity contribution < 1.29 is 0 Å². The van der Waals surface area contributed by atoms with Gasteiger partial charge in [0, 0.05) is 12.1 Å². The molecule has 2 atom stereocenters. The normalized spacial score (nSPS) is 29.8. The van der Waals surface area contributed by atoms with Crippen molar-refractivity contribution in [2.45, 2.75) is 52.1 Å². The summed E-state index contributed by atoms with van der Waals surface area (Å²) >= 11 is 0. The van der Waals surface area contributed by atoms with E-state index in [1.807, 2.05) is 0 Å². The standard InChI is InChI=1S/C12H26N2/c1-10(2)5-7-13-12-6-8-14(4)11(3)9-12/h10-13H,5-9H2,1-4H3. The van der Waals surface area contributed by atoms with Gasteiger partial charge < -0.3 is 10.2 Å². The van der Waals surface area contributed by atoms with Crippen LogP contribution in [0.1, 0.15) is 40.0 Å². The van der Waals surface area contributed by atoms with Crippen LogP contribution in [-0.4, -0.2) is 37.1 Å². The van der Waals surface area contributed by atoms with E-state index >= 15 is 0 Å². The lowest BCUT2D eigenvalue weighted by Gasteiger charge is -2.35. The molecule has 2 unspecified atom stereocenters. The summed E-state index contributed by atoms with van der Waals surface area (Å²) in [5.74, 6) is 0.825. The first-order valence-electron chi connectivity index (χ1n) is 6.03. The Morgan fingerprint density at radius 2 is 2.14 bits per heavy atom. The zero-order valence-electron chi connectivity index (χ0n) is 10.2. The third-order valence-electron chi connectivity index (χ3n) is 3.36. The van der Waals surface area contributed by atoms with E-state index in [0.29, 0.717) is 0 Å². The number of rotatable bonds is 4. The summed E-state index contributed by atoms with van der Waals surface area (Å²) in [5.41, 5.74) is 0. The Labute approximate surface area is 89.1 Å². The first-order valence-corrected chi connectivity index (χ1v) is 6.03. The van der Waals surface area contributed by atoms with Gasteiger partial charge in [0.2, 0.25) is 0 Å². The second-order valence-electron chi connectivity index (χ2n) is 5.19. The summed E-state index contributed by atoms with van der Waals surface area (Å²) in [6.07, 6.45) is 3.94. The highest BCUT2D eigenvalue weighted by Crippen LogP contribution is 2.15. The maximum Gasteiger partial charge on any atom is 0.00940 e. The van der Waals surface area contributed by atoms with E-state index in [9.17, 15) is 0 Å². The molecule has 1 heterocycles. The van der Waals surface area contributed by atoms with Crippen LogP contribution in [0.4, 0.5) is 0 Å². The van der Waals surface area contributed by atoms with Crippen LogP contribution >= 0.6 is 0 Å². The summed E-state index contributed by atoms with van der Waals surface area (Å²) in [6, 6.07) is 1.51. The molecular formula is C12H26N2. The Bertz CT molecular complexity index is 156. The van der Waals surface area contributed by atoms with Gasteiger partial charge in [-0.2, -0.15) is 0 Å². The number of nitrogens with zero attached hydrogens (tertiary/aromatic N) is 1. The molecule has 1 N–H and O–H groups in total. The second kappa shape index (κ2) is 5.72. The Kier molecular flexibility index (Phi) is 4.90.